The first-order valence-electron chi connectivity index (χ1n) is 7.02. The summed E-state index contributed by atoms with van der Waals surface area (Å²) in [5.74, 6) is 0.318. The summed E-state index contributed by atoms with van der Waals surface area (Å²) in [4.78, 5) is 2.32. The van der Waals surface area contributed by atoms with Crippen molar-refractivity contribution in [1.29, 1.82) is 0 Å². The first-order chi connectivity index (χ1) is 9.78. The van der Waals surface area contributed by atoms with Gasteiger partial charge in [0.05, 0.1) is 0 Å². The lowest BCUT2D eigenvalue weighted by atomic mass is 10.1. The summed E-state index contributed by atoms with van der Waals surface area (Å²) in [6, 6.07) is 17.9. The van der Waals surface area contributed by atoms with Crippen LogP contribution in [0.25, 0.3) is 0 Å². The Morgan fingerprint density at radius 2 is 1.65 bits per heavy atom. The molecule has 2 rings (SSSR count). The van der Waals surface area contributed by atoms with Crippen molar-refractivity contribution in [2.75, 3.05) is 19.6 Å². The molecule has 0 aliphatic rings. The predicted molar refractivity (Wildman–Crippen MR) is 82.6 cm³/mol. The molecule has 0 amide bonds. The monoisotopic (exact) mass is 270 g/mol. The van der Waals surface area contributed by atoms with Gasteiger partial charge in [-0.3, -0.25) is 4.90 Å². The van der Waals surface area contributed by atoms with Crippen LogP contribution in [0.2, 0.25) is 0 Å². The molecule has 0 saturated carbocycles. The van der Waals surface area contributed by atoms with Gasteiger partial charge in [0.25, 0.3) is 0 Å². The predicted octanol–water partition coefficient (Wildman–Crippen LogP) is 2.40. The molecular weight excluding hydrogens is 248 g/mol. The number of phenolic OH excluding ortho intramolecular Hbond substituents is 1. The van der Waals surface area contributed by atoms with Crippen LogP contribution in [0.4, 0.5) is 0 Å². The number of nitrogens with two attached hydrogens (primary N) is 1. The van der Waals surface area contributed by atoms with Crippen LogP contribution < -0.4 is 5.73 Å². The Hall–Kier alpha value is -1.84. The molecule has 0 heterocycles. The van der Waals surface area contributed by atoms with E-state index in [-0.39, 0.29) is 0 Å². The molecule has 0 radical (unpaired) electrons. The third-order valence-corrected chi connectivity index (χ3v) is 3.32. The highest BCUT2D eigenvalue weighted by Gasteiger charge is 2.06. The van der Waals surface area contributed by atoms with Gasteiger partial charge in [0.15, 0.2) is 0 Å². The molecule has 3 N–H and O–H groups in total. The average Bonchev–Trinajstić information content (AvgIpc) is 2.46. The topological polar surface area (TPSA) is 49.5 Å². The van der Waals surface area contributed by atoms with E-state index in [2.05, 4.69) is 29.2 Å². The molecule has 2 aromatic rings. The smallest absolute Gasteiger partial charge is 0.115 e. The van der Waals surface area contributed by atoms with E-state index in [0.29, 0.717) is 12.3 Å². The van der Waals surface area contributed by atoms with E-state index in [1.807, 2.05) is 24.3 Å². The van der Waals surface area contributed by atoms with E-state index in [4.69, 9.17) is 5.73 Å². The molecule has 0 fully saturated rings. The summed E-state index contributed by atoms with van der Waals surface area (Å²) in [6.07, 6.45) is 1.01. The zero-order valence-corrected chi connectivity index (χ0v) is 11.7. The molecule has 106 valence electrons. The largest absolute Gasteiger partial charge is 0.508 e. The summed E-state index contributed by atoms with van der Waals surface area (Å²) in [5.41, 5.74) is 8.15. The van der Waals surface area contributed by atoms with Crippen LogP contribution in [0.5, 0.6) is 5.75 Å². The van der Waals surface area contributed by atoms with E-state index in [1.165, 1.54) is 5.56 Å². The fraction of sp³-hybridized carbons (Fsp3) is 0.294. The number of aromatic hydroxyl groups is 1. The van der Waals surface area contributed by atoms with Crippen LogP contribution in [0.1, 0.15) is 11.1 Å². The van der Waals surface area contributed by atoms with Crippen molar-refractivity contribution in [2.24, 2.45) is 5.73 Å². The quantitative estimate of drug-likeness (QED) is 0.812. The van der Waals surface area contributed by atoms with Gasteiger partial charge < -0.3 is 10.8 Å². The fourth-order valence-corrected chi connectivity index (χ4v) is 2.30. The van der Waals surface area contributed by atoms with Crippen molar-refractivity contribution in [3.63, 3.8) is 0 Å². The van der Waals surface area contributed by atoms with Crippen LogP contribution in [0.15, 0.2) is 54.6 Å². The van der Waals surface area contributed by atoms with Crippen LogP contribution in [0, 0.1) is 0 Å². The summed E-state index contributed by atoms with van der Waals surface area (Å²) in [7, 11) is 0. The third-order valence-electron chi connectivity index (χ3n) is 3.32. The molecule has 0 unspecified atom stereocenters. The molecule has 0 aliphatic heterocycles. The van der Waals surface area contributed by atoms with Gasteiger partial charge in [-0.2, -0.15) is 0 Å². The zero-order valence-electron chi connectivity index (χ0n) is 11.7. The maximum atomic E-state index is 9.52. The second-order valence-corrected chi connectivity index (χ2v) is 4.97. The second kappa shape index (κ2) is 7.68. The number of benzene rings is 2. The minimum Gasteiger partial charge on any atom is -0.508 e. The van der Waals surface area contributed by atoms with Gasteiger partial charge >= 0.3 is 0 Å². The van der Waals surface area contributed by atoms with E-state index >= 15 is 0 Å². The summed E-state index contributed by atoms with van der Waals surface area (Å²) < 4.78 is 0. The summed E-state index contributed by atoms with van der Waals surface area (Å²) in [6.45, 7) is 3.30. The van der Waals surface area contributed by atoms with E-state index in [1.54, 1.807) is 6.07 Å². The van der Waals surface area contributed by atoms with Crippen molar-refractivity contribution in [1.82, 2.24) is 4.90 Å². The minimum absolute atomic E-state index is 0.318. The minimum atomic E-state index is 0.318. The number of hydrogen-bond acceptors (Lipinski definition) is 3. The van der Waals surface area contributed by atoms with Crippen molar-refractivity contribution < 1.29 is 5.11 Å². The van der Waals surface area contributed by atoms with E-state index in [0.717, 1.165) is 31.6 Å². The highest BCUT2D eigenvalue weighted by molar-refractivity contribution is 5.27. The van der Waals surface area contributed by atoms with Gasteiger partial charge in [-0.1, -0.05) is 42.5 Å². The molecule has 2 aromatic carbocycles. The molecule has 3 nitrogen and oxygen atoms in total. The lowest BCUT2D eigenvalue weighted by molar-refractivity contribution is 0.276. The average molecular weight is 270 g/mol. The standard InChI is InChI=1S/C17H22N2O/c18-10-12-19(11-9-15-5-2-1-3-6-15)14-16-7-4-8-17(20)13-16/h1-8,13,20H,9-12,14,18H2. The van der Waals surface area contributed by atoms with E-state index < -0.39 is 0 Å². The third kappa shape index (κ3) is 4.68. The number of phenols is 1. The van der Waals surface area contributed by atoms with Crippen molar-refractivity contribution >= 4 is 0 Å². The van der Waals surface area contributed by atoms with Gasteiger partial charge in [0.1, 0.15) is 5.75 Å². The summed E-state index contributed by atoms with van der Waals surface area (Å²) >= 11 is 0. The molecule has 3 heteroatoms. The maximum Gasteiger partial charge on any atom is 0.115 e. The number of nitrogens with zero attached hydrogens (tertiary/aromatic N) is 1. The molecule has 0 spiro atoms. The Morgan fingerprint density at radius 3 is 2.35 bits per heavy atom. The number of rotatable bonds is 7. The Kier molecular flexibility index (Phi) is 5.59. The molecular formula is C17H22N2O. The Balaban J connectivity index is 1.93. The van der Waals surface area contributed by atoms with Crippen LogP contribution in [-0.2, 0) is 13.0 Å². The highest BCUT2D eigenvalue weighted by Crippen LogP contribution is 2.13. The SMILES string of the molecule is NCCN(CCc1ccccc1)Cc1cccc(O)c1. The van der Waals surface area contributed by atoms with Crippen LogP contribution >= 0.6 is 0 Å². The normalized spacial score (nSPS) is 10.9. The van der Waals surface area contributed by atoms with Crippen molar-refractivity contribution in [3.05, 3.63) is 65.7 Å². The van der Waals surface area contributed by atoms with E-state index in [9.17, 15) is 5.11 Å². The second-order valence-electron chi connectivity index (χ2n) is 4.97. The Bertz CT molecular complexity index is 513. The van der Waals surface area contributed by atoms with Crippen molar-refractivity contribution in [3.8, 4) is 5.75 Å². The van der Waals surface area contributed by atoms with Crippen molar-refractivity contribution in [2.45, 2.75) is 13.0 Å². The van der Waals surface area contributed by atoms with Gasteiger partial charge in [0.2, 0.25) is 0 Å². The highest BCUT2D eigenvalue weighted by atomic mass is 16.3. The molecule has 0 saturated heterocycles. The molecule has 0 aliphatic carbocycles. The molecule has 0 bridgehead atoms. The maximum absolute atomic E-state index is 9.52. The van der Waals surface area contributed by atoms with Crippen LogP contribution in [-0.4, -0.2) is 29.6 Å². The molecule has 0 aromatic heterocycles. The van der Waals surface area contributed by atoms with Gasteiger partial charge in [-0.05, 0) is 29.7 Å². The van der Waals surface area contributed by atoms with Gasteiger partial charge in [-0.15, -0.1) is 0 Å². The first kappa shape index (κ1) is 14.6. The van der Waals surface area contributed by atoms with Gasteiger partial charge in [-0.25, -0.2) is 0 Å². The van der Waals surface area contributed by atoms with Crippen LogP contribution in [0.3, 0.4) is 0 Å². The first-order valence-corrected chi connectivity index (χ1v) is 7.02. The fourth-order valence-electron chi connectivity index (χ4n) is 2.30. The Labute approximate surface area is 120 Å². The van der Waals surface area contributed by atoms with Gasteiger partial charge in [0, 0.05) is 26.2 Å². The Morgan fingerprint density at radius 1 is 0.900 bits per heavy atom. The molecule has 20 heavy (non-hydrogen) atoms. The zero-order chi connectivity index (χ0) is 14.2. The summed E-state index contributed by atoms with van der Waals surface area (Å²) in [5, 5.41) is 9.52. The lowest BCUT2D eigenvalue weighted by Gasteiger charge is -2.21. The number of hydrogen-bond donors (Lipinski definition) is 2. The molecule has 0 atom stereocenters. The lowest BCUT2D eigenvalue weighted by Crippen LogP contribution is -2.31.